The summed E-state index contributed by atoms with van der Waals surface area (Å²) in [5.41, 5.74) is 1.46. The van der Waals surface area contributed by atoms with Gasteiger partial charge >= 0.3 is 0 Å². The monoisotopic (exact) mass is 262 g/mol. The second-order valence-corrected chi connectivity index (χ2v) is 6.13. The molecular weight excluding hydrogens is 248 g/mol. The first-order valence-electron chi connectivity index (χ1n) is 5.05. The van der Waals surface area contributed by atoms with Gasteiger partial charge in [0.15, 0.2) is 0 Å². The third kappa shape index (κ3) is 2.89. The Bertz CT molecular complexity index is 480. The van der Waals surface area contributed by atoms with E-state index >= 15 is 0 Å². The quantitative estimate of drug-likeness (QED) is 0.784. The molecule has 0 radical (unpaired) electrons. The van der Waals surface area contributed by atoms with Crippen LogP contribution in [-0.4, -0.2) is 15.0 Å². The fourth-order valence-electron chi connectivity index (χ4n) is 1.40. The molecule has 0 bridgehead atoms. The van der Waals surface area contributed by atoms with Crippen molar-refractivity contribution in [2.45, 2.75) is 32.1 Å². The Kier molecular flexibility index (Phi) is 4.21. The van der Waals surface area contributed by atoms with Gasteiger partial charge in [0.05, 0.1) is 11.5 Å². The Labute approximate surface area is 101 Å². The predicted molar refractivity (Wildman–Crippen MR) is 64.7 cm³/mol. The molecule has 1 aromatic rings. The lowest BCUT2D eigenvalue weighted by Gasteiger charge is -2.12. The molecule has 90 valence electrons. The fourth-order valence-corrected chi connectivity index (χ4v) is 2.65. The highest BCUT2D eigenvalue weighted by Gasteiger charge is 2.16. The highest BCUT2D eigenvalue weighted by molar-refractivity contribution is 8.13. The van der Waals surface area contributed by atoms with Gasteiger partial charge < -0.3 is 4.74 Å². The second kappa shape index (κ2) is 5.06. The number of halogens is 1. The highest BCUT2D eigenvalue weighted by atomic mass is 35.7. The van der Waals surface area contributed by atoms with E-state index < -0.39 is 9.05 Å². The molecule has 16 heavy (non-hydrogen) atoms. The van der Waals surface area contributed by atoms with E-state index in [0.29, 0.717) is 17.9 Å². The maximum absolute atomic E-state index is 11.3. The van der Waals surface area contributed by atoms with Crippen LogP contribution in [0.15, 0.2) is 17.0 Å². The summed E-state index contributed by atoms with van der Waals surface area (Å²) in [6, 6.07) is 3.13. The Morgan fingerprint density at radius 3 is 2.38 bits per heavy atom. The molecule has 0 spiro atoms. The minimum Gasteiger partial charge on any atom is -0.493 e. The highest BCUT2D eigenvalue weighted by Crippen LogP contribution is 2.28. The lowest BCUT2D eigenvalue weighted by Crippen LogP contribution is -2.02. The van der Waals surface area contributed by atoms with Crippen LogP contribution < -0.4 is 4.74 Å². The molecule has 0 aliphatic heterocycles. The minimum absolute atomic E-state index is 0.149. The van der Waals surface area contributed by atoms with Crippen LogP contribution in [-0.2, 0) is 9.05 Å². The maximum Gasteiger partial charge on any atom is 0.261 e. The summed E-state index contributed by atoms with van der Waals surface area (Å²) in [6.45, 7) is 6.18. The average Bonchev–Trinajstić information content (AvgIpc) is 2.18. The third-order valence-electron chi connectivity index (χ3n) is 2.41. The van der Waals surface area contributed by atoms with E-state index in [1.807, 2.05) is 13.8 Å². The first kappa shape index (κ1) is 13.3. The van der Waals surface area contributed by atoms with E-state index in [2.05, 4.69) is 0 Å². The molecule has 0 heterocycles. The van der Waals surface area contributed by atoms with Crippen molar-refractivity contribution in [2.24, 2.45) is 0 Å². The molecule has 5 heteroatoms. The van der Waals surface area contributed by atoms with Crippen molar-refractivity contribution in [3.8, 4) is 5.75 Å². The van der Waals surface area contributed by atoms with Crippen LogP contribution in [0.25, 0.3) is 0 Å². The van der Waals surface area contributed by atoms with Gasteiger partial charge in [-0.1, -0.05) is 6.92 Å². The van der Waals surface area contributed by atoms with Crippen LogP contribution in [0.3, 0.4) is 0 Å². The van der Waals surface area contributed by atoms with Gasteiger partial charge in [-0.15, -0.1) is 0 Å². The zero-order chi connectivity index (χ0) is 12.3. The van der Waals surface area contributed by atoms with Crippen LogP contribution in [0.4, 0.5) is 0 Å². The summed E-state index contributed by atoms with van der Waals surface area (Å²) in [5.74, 6) is 0.711. The van der Waals surface area contributed by atoms with Crippen molar-refractivity contribution < 1.29 is 13.2 Å². The first-order valence-corrected chi connectivity index (χ1v) is 7.36. The van der Waals surface area contributed by atoms with Crippen LogP contribution in [0.5, 0.6) is 5.75 Å². The fraction of sp³-hybridized carbons (Fsp3) is 0.455. The molecule has 0 N–H and O–H groups in total. The molecule has 3 nitrogen and oxygen atoms in total. The van der Waals surface area contributed by atoms with Gasteiger partial charge in [-0.3, -0.25) is 0 Å². The molecule has 0 fully saturated rings. The van der Waals surface area contributed by atoms with Gasteiger partial charge in [0, 0.05) is 10.7 Å². The zero-order valence-corrected chi connectivity index (χ0v) is 11.2. The van der Waals surface area contributed by atoms with Crippen LogP contribution in [0, 0.1) is 13.8 Å². The molecule has 0 saturated heterocycles. The van der Waals surface area contributed by atoms with E-state index in [-0.39, 0.29) is 4.90 Å². The standard InChI is InChI=1S/C11H15ClO3S/c1-4-7-15-10-5-6-11(16(12,13)14)9(3)8(10)2/h5-6H,4,7H2,1-3H3. The summed E-state index contributed by atoms with van der Waals surface area (Å²) < 4.78 is 28.0. The van der Waals surface area contributed by atoms with Crippen LogP contribution in [0.1, 0.15) is 24.5 Å². The van der Waals surface area contributed by atoms with Crippen molar-refractivity contribution in [1.29, 1.82) is 0 Å². The van der Waals surface area contributed by atoms with E-state index in [1.165, 1.54) is 6.07 Å². The molecule has 0 saturated carbocycles. The van der Waals surface area contributed by atoms with E-state index in [9.17, 15) is 8.42 Å². The lowest BCUT2D eigenvalue weighted by molar-refractivity contribution is 0.315. The molecule has 0 unspecified atom stereocenters. The van der Waals surface area contributed by atoms with Crippen molar-refractivity contribution in [2.75, 3.05) is 6.61 Å². The van der Waals surface area contributed by atoms with Crippen LogP contribution >= 0.6 is 10.7 Å². The molecular formula is C11H15ClO3S. The van der Waals surface area contributed by atoms with Crippen molar-refractivity contribution in [3.63, 3.8) is 0 Å². The van der Waals surface area contributed by atoms with Gasteiger partial charge in [-0.25, -0.2) is 8.42 Å². The van der Waals surface area contributed by atoms with Gasteiger partial charge in [0.25, 0.3) is 9.05 Å². The van der Waals surface area contributed by atoms with Gasteiger partial charge in [0.2, 0.25) is 0 Å². The Morgan fingerprint density at radius 2 is 1.88 bits per heavy atom. The number of hydrogen-bond donors (Lipinski definition) is 0. The summed E-state index contributed by atoms with van der Waals surface area (Å²) in [5, 5.41) is 0. The van der Waals surface area contributed by atoms with Crippen molar-refractivity contribution >= 4 is 19.7 Å². The topological polar surface area (TPSA) is 43.4 Å². The van der Waals surface area contributed by atoms with Crippen molar-refractivity contribution in [1.82, 2.24) is 0 Å². The number of ether oxygens (including phenoxy) is 1. The summed E-state index contributed by atoms with van der Waals surface area (Å²) >= 11 is 0. The Balaban J connectivity index is 3.19. The minimum atomic E-state index is -3.68. The summed E-state index contributed by atoms with van der Waals surface area (Å²) in [4.78, 5) is 0.149. The van der Waals surface area contributed by atoms with Gasteiger partial charge in [-0.2, -0.15) is 0 Å². The largest absolute Gasteiger partial charge is 0.493 e. The zero-order valence-electron chi connectivity index (χ0n) is 9.58. The molecule has 0 atom stereocenters. The van der Waals surface area contributed by atoms with E-state index in [4.69, 9.17) is 15.4 Å². The number of hydrogen-bond acceptors (Lipinski definition) is 3. The molecule has 1 rings (SSSR count). The van der Waals surface area contributed by atoms with Gasteiger partial charge in [0.1, 0.15) is 5.75 Å². The summed E-state index contributed by atoms with van der Waals surface area (Å²) in [6.07, 6.45) is 0.911. The molecule has 0 aliphatic carbocycles. The molecule has 0 amide bonds. The number of rotatable bonds is 4. The SMILES string of the molecule is CCCOc1ccc(S(=O)(=O)Cl)c(C)c1C. The van der Waals surface area contributed by atoms with Gasteiger partial charge in [-0.05, 0) is 43.5 Å². The molecule has 0 aromatic heterocycles. The maximum atomic E-state index is 11.3. The molecule has 0 aliphatic rings. The second-order valence-electron chi connectivity index (χ2n) is 3.60. The average molecular weight is 263 g/mol. The van der Waals surface area contributed by atoms with Crippen molar-refractivity contribution in [3.05, 3.63) is 23.3 Å². The van der Waals surface area contributed by atoms with E-state index in [1.54, 1.807) is 13.0 Å². The smallest absolute Gasteiger partial charge is 0.261 e. The number of benzene rings is 1. The predicted octanol–water partition coefficient (Wildman–Crippen LogP) is 3.02. The Hall–Kier alpha value is -0.740. The molecule has 1 aromatic carbocycles. The van der Waals surface area contributed by atoms with Crippen LogP contribution in [0.2, 0.25) is 0 Å². The Morgan fingerprint density at radius 1 is 1.25 bits per heavy atom. The first-order chi connectivity index (χ1) is 7.38. The normalized spacial score (nSPS) is 11.5. The van der Waals surface area contributed by atoms with E-state index in [0.717, 1.165) is 12.0 Å². The third-order valence-corrected chi connectivity index (χ3v) is 3.88. The lowest BCUT2D eigenvalue weighted by atomic mass is 10.1. The summed E-state index contributed by atoms with van der Waals surface area (Å²) in [7, 11) is 1.65.